The minimum Gasteiger partial charge on any atom is -0.378 e. The van der Waals surface area contributed by atoms with Crippen LogP contribution < -0.4 is 4.90 Å². The van der Waals surface area contributed by atoms with Gasteiger partial charge in [0.25, 0.3) is 0 Å². The highest BCUT2D eigenvalue weighted by atomic mass is 32.2. The van der Waals surface area contributed by atoms with Crippen LogP contribution in [0.3, 0.4) is 0 Å². The van der Waals surface area contributed by atoms with E-state index in [-0.39, 0.29) is 16.3 Å². The predicted molar refractivity (Wildman–Crippen MR) is 99.0 cm³/mol. The normalized spacial score (nSPS) is 12.4. The zero-order chi connectivity index (χ0) is 18.8. The summed E-state index contributed by atoms with van der Waals surface area (Å²) in [6.45, 7) is 0.194. The second kappa shape index (κ2) is 7.15. The maximum atomic E-state index is 12.7. The minimum atomic E-state index is -3.79. The largest absolute Gasteiger partial charge is 0.378 e. The minimum absolute atomic E-state index is 0.0164. The molecule has 0 amide bonds. The molecule has 136 valence electrons. The predicted octanol–water partition coefficient (Wildman–Crippen LogP) is 1.98. The Bertz CT molecular complexity index is 950. The van der Waals surface area contributed by atoms with Crippen LogP contribution in [0.25, 0.3) is 0 Å². The maximum absolute atomic E-state index is 12.7. The standard InChI is InChI=1S/C17H22N2O4S2/c1-18(2)15-10-8-14(9-11-15)13-19(3)25(22,23)17-7-5-6-16(12-17)24(4,20)21/h5-12H,13H2,1-4H3. The average Bonchev–Trinajstić information content (AvgIpc) is 2.54. The number of benzene rings is 2. The van der Waals surface area contributed by atoms with E-state index in [1.54, 1.807) is 0 Å². The highest BCUT2D eigenvalue weighted by molar-refractivity contribution is 7.91. The van der Waals surface area contributed by atoms with Crippen molar-refractivity contribution in [2.24, 2.45) is 0 Å². The molecule has 2 aromatic carbocycles. The Hall–Kier alpha value is -1.90. The Labute approximate surface area is 149 Å². The Morgan fingerprint density at radius 1 is 0.840 bits per heavy atom. The second-order valence-corrected chi connectivity index (χ2v) is 10.1. The van der Waals surface area contributed by atoms with Gasteiger partial charge in [0.15, 0.2) is 9.84 Å². The lowest BCUT2D eigenvalue weighted by Crippen LogP contribution is -2.26. The fourth-order valence-corrected chi connectivity index (χ4v) is 4.23. The van der Waals surface area contributed by atoms with Gasteiger partial charge in [0.1, 0.15) is 0 Å². The van der Waals surface area contributed by atoms with Gasteiger partial charge in [-0.1, -0.05) is 18.2 Å². The molecule has 2 aromatic rings. The first kappa shape index (κ1) is 19.4. The smallest absolute Gasteiger partial charge is 0.243 e. The molecule has 6 nitrogen and oxygen atoms in total. The van der Waals surface area contributed by atoms with Crippen molar-refractivity contribution < 1.29 is 16.8 Å². The van der Waals surface area contributed by atoms with Crippen molar-refractivity contribution in [3.05, 3.63) is 54.1 Å². The van der Waals surface area contributed by atoms with Crippen LogP contribution in [0.1, 0.15) is 5.56 Å². The van der Waals surface area contributed by atoms with E-state index in [0.717, 1.165) is 17.5 Å². The lowest BCUT2D eigenvalue weighted by atomic mass is 10.2. The van der Waals surface area contributed by atoms with Crippen LogP contribution in [-0.4, -0.2) is 48.5 Å². The Morgan fingerprint density at radius 2 is 1.40 bits per heavy atom. The molecule has 8 heteroatoms. The maximum Gasteiger partial charge on any atom is 0.243 e. The van der Waals surface area contributed by atoms with Crippen LogP contribution in [0, 0.1) is 0 Å². The van der Waals surface area contributed by atoms with E-state index >= 15 is 0 Å². The molecule has 0 radical (unpaired) electrons. The molecule has 0 heterocycles. The number of hydrogen-bond donors (Lipinski definition) is 0. The summed E-state index contributed by atoms with van der Waals surface area (Å²) in [6, 6.07) is 13.0. The van der Waals surface area contributed by atoms with Crippen LogP contribution in [0.4, 0.5) is 5.69 Å². The molecule has 0 atom stereocenters. The summed E-state index contributed by atoms with van der Waals surface area (Å²) in [6.07, 6.45) is 1.05. The van der Waals surface area contributed by atoms with Crippen LogP contribution in [0.15, 0.2) is 58.3 Å². The lowest BCUT2D eigenvalue weighted by Gasteiger charge is -2.18. The van der Waals surface area contributed by atoms with E-state index < -0.39 is 19.9 Å². The number of hydrogen-bond acceptors (Lipinski definition) is 5. The molecule has 0 saturated heterocycles. The van der Waals surface area contributed by atoms with Gasteiger partial charge >= 0.3 is 0 Å². The van der Waals surface area contributed by atoms with E-state index in [0.29, 0.717) is 0 Å². The molecular weight excluding hydrogens is 360 g/mol. The third kappa shape index (κ3) is 4.59. The van der Waals surface area contributed by atoms with E-state index in [1.807, 2.05) is 43.3 Å². The summed E-state index contributed by atoms with van der Waals surface area (Å²) in [7, 11) is -1.92. The molecular formula is C17H22N2O4S2. The average molecular weight is 383 g/mol. The van der Waals surface area contributed by atoms with Crippen molar-refractivity contribution in [1.82, 2.24) is 4.31 Å². The Kier molecular flexibility index (Phi) is 5.55. The van der Waals surface area contributed by atoms with Crippen molar-refractivity contribution in [3.8, 4) is 0 Å². The molecule has 0 aliphatic carbocycles. The fourth-order valence-electron chi connectivity index (χ4n) is 2.29. The van der Waals surface area contributed by atoms with Gasteiger partial charge in [-0.2, -0.15) is 4.31 Å². The molecule has 0 aromatic heterocycles. The Balaban J connectivity index is 2.27. The van der Waals surface area contributed by atoms with Crippen LogP contribution in [-0.2, 0) is 26.4 Å². The summed E-state index contributed by atoms with van der Waals surface area (Å²) >= 11 is 0. The zero-order valence-electron chi connectivity index (χ0n) is 14.7. The van der Waals surface area contributed by atoms with Gasteiger partial charge in [-0.3, -0.25) is 0 Å². The third-order valence-corrected chi connectivity index (χ3v) is 6.71. The molecule has 0 saturated carbocycles. The van der Waals surface area contributed by atoms with E-state index in [4.69, 9.17) is 0 Å². The molecule has 0 aliphatic rings. The van der Waals surface area contributed by atoms with Crippen molar-refractivity contribution in [1.29, 1.82) is 0 Å². The first-order valence-electron chi connectivity index (χ1n) is 7.54. The summed E-state index contributed by atoms with van der Waals surface area (Å²) in [5, 5.41) is 0. The molecule has 0 aliphatic heterocycles. The van der Waals surface area contributed by atoms with E-state index in [2.05, 4.69) is 0 Å². The highest BCUT2D eigenvalue weighted by Crippen LogP contribution is 2.21. The zero-order valence-corrected chi connectivity index (χ0v) is 16.3. The summed E-state index contributed by atoms with van der Waals surface area (Å²) in [5.74, 6) is 0. The number of anilines is 1. The molecule has 0 fully saturated rings. The number of sulfone groups is 1. The van der Waals surface area contributed by atoms with Gasteiger partial charge in [0.2, 0.25) is 10.0 Å². The van der Waals surface area contributed by atoms with Crippen molar-refractivity contribution in [2.45, 2.75) is 16.3 Å². The molecule has 2 rings (SSSR count). The van der Waals surface area contributed by atoms with Crippen LogP contribution in [0.5, 0.6) is 0 Å². The molecule has 0 unspecified atom stereocenters. The van der Waals surface area contributed by atoms with Gasteiger partial charge in [0.05, 0.1) is 9.79 Å². The van der Waals surface area contributed by atoms with Gasteiger partial charge in [-0.25, -0.2) is 16.8 Å². The van der Waals surface area contributed by atoms with Gasteiger partial charge < -0.3 is 4.90 Å². The van der Waals surface area contributed by atoms with Gasteiger partial charge in [-0.15, -0.1) is 0 Å². The number of nitrogens with zero attached hydrogens (tertiary/aromatic N) is 2. The molecule has 0 N–H and O–H groups in total. The van der Waals surface area contributed by atoms with Crippen molar-refractivity contribution in [2.75, 3.05) is 32.3 Å². The SMILES string of the molecule is CN(C)c1ccc(CN(C)S(=O)(=O)c2cccc(S(C)(=O)=O)c2)cc1. The van der Waals surface area contributed by atoms with Crippen molar-refractivity contribution >= 4 is 25.5 Å². The molecule has 0 spiro atoms. The van der Waals surface area contributed by atoms with Crippen LogP contribution in [0.2, 0.25) is 0 Å². The van der Waals surface area contributed by atoms with E-state index in [1.165, 1.54) is 35.6 Å². The van der Waals surface area contributed by atoms with Gasteiger partial charge in [-0.05, 0) is 35.9 Å². The molecule has 25 heavy (non-hydrogen) atoms. The lowest BCUT2D eigenvalue weighted by molar-refractivity contribution is 0.466. The first-order valence-corrected chi connectivity index (χ1v) is 10.9. The summed E-state index contributed by atoms with van der Waals surface area (Å²) in [5.41, 5.74) is 1.87. The third-order valence-electron chi connectivity index (χ3n) is 3.80. The molecule has 0 bridgehead atoms. The van der Waals surface area contributed by atoms with Crippen molar-refractivity contribution in [3.63, 3.8) is 0 Å². The second-order valence-electron chi connectivity index (χ2n) is 6.07. The van der Waals surface area contributed by atoms with E-state index in [9.17, 15) is 16.8 Å². The summed E-state index contributed by atoms with van der Waals surface area (Å²) < 4.78 is 49.9. The first-order chi connectivity index (χ1) is 11.5. The summed E-state index contributed by atoms with van der Waals surface area (Å²) in [4.78, 5) is 1.90. The quantitative estimate of drug-likeness (QED) is 0.764. The Morgan fingerprint density at radius 3 is 1.92 bits per heavy atom. The number of rotatable bonds is 6. The van der Waals surface area contributed by atoms with Crippen LogP contribution >= 0.6 is 0 Å². The number of sulfonamides is 1. The van der Waals surface area contributed by atoms with Gasteiger partial charge in [0, 0.05) is 39.6 Å². The highest BCUT2D eigenvalue weighted by Gasteiger charge is 2.22. The fraction of sp³-hybridized carbons (Fsp3) is 0.294. The topological polar surface area (TPSA) is 74.8 Å². The monoisotopic (exact) mass is 382 g/mol.